The summed E-state index contributed by atoms with van der Waals surface area (Å²) in [4.78, 5) is 29.2. The van der Waals surface area contributed by atoms with Crippen molar-refractivity contribution < 1.29 is 14.3 Å². The fraction of sp³-hybridized carbons (Fsp3) is 0.333. The second kappa shape index (κ2) is 9.02. The number of rotatable bonds is 6. The van der Waals surface area contributed by atoms with Crippen molar-refractivity contribution in [1.29, 1.82) is 0 Å². The molecule has 2 aromatic heterocycles. The predicted octanol–water partition coefficient (Wildman–Crippen LogP) is 4.46. The van der Waals surface area contributed by atoms with Gasteiger partial charge < -0.3 is 10.1 Å². The molecule has 0 spiro atoms. The third-order valence-corrected chi connectivity index (χ3v) is 5.29. The molecule has 0 saturated heterocycles. The quantitative estimate of drug-likeness (QED) is 0.562. The highest BCUT2D eigenvalue weighted by Crippen LogP contribution is 2.25. The number of nitrogens with zero attached hydrogens (tertiary/aromatic N) is 3. The van der Waals surface area contributed by atoms with E-state index in [2.05, 4.69) is 15.4 Å². The van der Waals surface area contributed by atoms with E-state index in [1.165, 1.54) is 13.0 Å². The number of anilines is 1. The Hall–Kier alpha value is -2.64. The van der Waals surface area contributed by atoms with E-state index >= 15 is 0 Å². The third-order valence-electron chi connectivity index (χ3n) is 4.73. The van der Waals surface area contributed by atoms with Crippen molar-refractivity contribution >= 4 is 46.4 Å². The summed E-state index contributed by atoms with van der Waals surface area (Å²) in [5, 5.41) is 7.82. The lowest BCUT2D eigenvalue weighted by Crippen LogP contribution is -2.30. The Morgan fingerprint density at radius 3 is 2.67 bits per heavy atom. The summed E-state index contributed by atoms with van der Waals surface area (Å²) in [6.45, 7) is 7.26. The van der Waals surface area contributed by atoms with Crippen molar-refractivity contribution in [2.24, 2.45) is 0 Å². The van der Waals surface area contributed by atoms with Gasteiger partial charge in [-0.05, 0) is 57.9 Å². The largest absolute Gasteiger partial charge is 0.453 e. The second-order valence-electron chi connectivity index (χ2n) is 7.06. The Labute approximate surface area is 184 Å². The van der Waals surface area contributed by atoms with Gasteiger partial charge in [0.15, 0.2) is 11.8 Å². The number of halogens is 2. The van der Waals surface area contributed by atoms with Crippen molar-refractivity contribution in [2.75, 3.05) is 5.32 Å². The van der Waals surface area contributed by atoms with Crippen LogP contribution in [0.4, 0.5) is 5.69 Å². The lowest BCUT2D eigenvalue weighted by atomic mass is 10.1. The van der Waals surface area contributed by atoms with Crippen LogP contribution in [0.25, 0.3) is 5.65 Å². The number of hydrogen-bond acceptors (Lipinski definition) is 5. The number of ether oxygens (including phenoxy) is 1. The van der Waals surface area contributed by atoms with Crippen LogP contribution >= 0.6 is 23.2 Å². The fourth-order valence-corrected chi connectivity index (χ4v) is 3.50. The van der Waals surface area contributed by atoms with Gasteiger partial charge in [0.2, 0.25) is 0 Å². The van der Waals surface area contributed by atoms with Crippen molar-refractivity contribution in [1.82, 2.24) is 14.6 Å². The van der Waals surface area contributed by atoms with Crippen molar-refractivity contribution in [3.8, 4) is 0 Å². The first-order valence-corrected chi connectivity index (χ1v) is 10.2. The highest BCUT2D eigenvalue weighted by atomic mass is 35.5. The molecule has 9 heteroatoms. The first kappa shape index (κ1) is 22.1. The molecule has 0 radical (unpaired) electrons. The Morgan fingerprint density at radius 2 is 1.93 bits per heavy atom. The average molecular weight is 449 g/mol. The van der Waals surface area contributed by atoms with Crippen LogP contribution in [0.2, 0.25) is 10.0 Å². The lowest BCUT2D eigenvalue weighted by Gasteiger charge is -2.15. The van der Waals surface area contributed by atoms with Crippen molar-refractivity contribution in [3.63, 3.8) is 0 Å². The van der Waals surface area contributed by atoms with Crippen LogP contribution in [-0.2, 0) is 20.7 Å². The van der Waals surface area contributed by atoms with Gasteiger partial charge >= 0.3 is 5.97 Å². The van der Waals surface area contributed by atoms with Gasteiger partial charge in [-0.25, -0.2) is 9.50 Å². The lowest BCUT2D eigenvalue weighted by molar-refractivity contribution is -0.153. The summed E-state index contributed by atoms with van der Waals surface area (Å²) < 4.78 is 7.05. The zero-order chi connectivity index (χ0) is 22.0. The molecule has 1 unspecified atom stereocenters. The number of carbonyl (C=O) groups is 2. The molecule has 0 fully saturated rings. The van der Waals surface area contributed by atoms with Crippen molar-refractivity contribution in [2.45, 2.75) is 46.6 Å². The SMILES string of the molecule is Cc1cc2nc(C)c(CCC(=O)OC(C)C(=O)Nc3cc(Cl)ccc3Cl)c(C)n2n1. The first-order chi connectivity index (χ1) is 14.2. The Balaban J connectivity index is 1.61. The van der Waals surface area contributed by atoms with Gasteiger partial charge in [0.25, 0.3) is 5.91 Å². The number of hydrogen-bond donors (Lipinski definition) is 1. The maximum Gasteiger partial charge on any atom is 0.306 e. The minimum atomic E-state index is -0.982. The third kappa shape index (κ3) is 4.91. The van der Waals surface area contributed by atoms with Gasteiger partial charge in [-0.2, -0.15) is 5.10 Å². The highest BCUT2D eigenvalue weighted by molar-refractivity contribution is 6.35. The molecule has 2 heterocycles. The predicted molar refractivity (Wildman–Crippen MR) is 116 cm³/mol. The first-order valence-electron chi connectivity index (χ1n) is 9.43. The molecular weight excluding hydrogens is 427 g/mol. The summed E-state index contributed by atoms with van der Waals surface area (Å²) >= 11 is 12.0. The second-order valence-corrected chi connectivity index (χ2v) is 7.91. The van der Waals surface area contributed by atoms with Gasteiger partial charge in [-0.15, -0.1) is 0 Å². The number of aryl methyl sites for hydroxylation is 3. The number of esters is 1. The van der Waals surface area contributed by atoms with Gasteiger partial charge in [-0.3, -0.25) is 9.59 Å². The standard InChI is InChI=1S/C21H22Cl2N4O3/c1-11-9-19-24-12(2)16(13(3)27(19)26-11)6-8-20(28)30-14(4)21(29)25-18-10-15(22)5-7-17(18)23/h5,7,9-10,14H,6,8H2,1-4H3,(H,25,29). The topological polar surface area (TPSA) is 85.6 Å². The molecule has 3 aromatic rings. The Morgan fingerprint density at radius 1 is 1.20 bits per heavy atom. The van der Waals surface area contributed by atoms with Gasteiger partial charge in [0.1, 0.15) is 0 Å². The van der Waals surface area contributed by atoms with Crippen molar-refractivity contribution in [3.05, 3.63) is 57.0 Å². The molecule has 0 aliphatic rings. The molecule has 1 N–H and O–H groups in total. The number of amides is 1. The van der Waals surface area contributed by atoms with E-state index in [0.717, 1.165) is 28.3 Å². The van der Waals surface area contributed by atoms with E-state index in [9.17, 15) is 9.59 Å². The molecule has 0 bridgehead atoms. The number of nitrogens with one attached hydrogen (secondary N) is 1. The maximum atomic E-state index is 12.3. The minimum Gasteiger partial charge on any atom is -0.453 e. The number of aromatic nitrogens is 3. The summed E-state index contributed by atoms with van der Waals surface area (Å²) in [5.41, 5.74) is 4.72. The molecule has 0 aliphatic carbocycles. The molecule has 0 aliphatic heterocycles. The molecule has 30 heavy (non-hydrogen) atoms. The summed E-state index contributed by atoms with van der Waals surface area (Å²) in [7, 11) is 0. The number of fused-ring (bicyclic) bond motifs is 1. The molecule has 3 rings (SSSR count). The zero-order valence-corrected chi connectivity index (χ0v) is 18.6. The Bertz CT molecular complexity index is 1130. The minimum absolute atomic E-state index is 0.116. The molecule has 7 nitrogen and oxygen atoms in total. The van der Waals surface area contributed by atoms with Gasteiger partial charge in [0.05, 0.1) is 16.4 Å². The van der Waals surface area contributed by atoms with Crippen LogP contribution in [0.1, 0.15) is 36.0 Å². The fourth-order valence-electron chi connectivity index (χ4n) is 3.17. The molecule has 158 valence electrons. The van der Waals surface area contributed by atoms with Crippen LogP contribution in [0.15, 0.2) is 24.3 Å². The van der Waals surface area contributed by atoms with E-state index in [1.54, 1.807) is 16.6 Å². The van der Waals surface area contributed by atoms with E-state index < -0.39 is 18.0 Å². The summed E-state index contributed by atoms with van der Waals surface area (Å²) in [6.07, 6.45) is -0.429. The number of benzene rings is 1. The normalized spacial score (nSPS) is 12.1. The average Bonchev–Trinajstić information content (AvgIpc) is 3.04. The smallest absolute Gasteiger partial charge is 0.306 e. The molecule has 1 atom stereocenters. The molecule has 1 aromatic carbocycles. The Kier molecular flexibility index (Phi) is 6.63. The van der Waals surface area contributed by atoms with E-state index in [-0.39, 0.29) is 6.42 Å². The van der Waals surface area contributed by atoms with E-state index in [1.807, 2.05) is 26.8 Å². The molecule has 0 saturated carbocycles. The van der Waals surface area contributed by atoms with E-state index in [4.69, 9.17) is 27.9 Å². The van der Waals surface area contributed by atoms with Crippen LogP contribution in [0.3, 0.4) is 0 Å². The molecular formula is C21H22Cl2N4O3. The molecule has 1 amide bonds. The van der Waals surface area contributed by atoms with Crippen LogP contribution in [0, 0.1) is 20.8 Å². The maximum absolute atomic E-state index is 12.3. The zero-order valence-electron chi connectivity index (χ0n) is 17.1. The highest BCUT2D eigenvalue weighted by Gasteiger charge is 2.20. The van der Waals surface area contributed by atoms with Crippen LogP contribution in [0.5, 0.6) is 0 Å². The van der Waals surface area contributed by atoms with Crippen LogP contribution < -0.4 is 5.32 Å². The van der Waals surface area contributed by atoms with Gasteiger partial charge in [-0.1, -0.05) is 23.2 Å². The monoisotopic (exact) mass is 448 g/mol. The van der Waals surface area contributed by atoms with E-state index in [0.29, 0.717) is 22.2 Å². The number of carbonyl (C=O) groups excluding carboxylic acids is 2. The van der Waals surface area contributed by atoms with Crippen LogP contribution in [-0.4, -0.2) is 32.6 Å². The summed E-state index contributed by atoms with van der Waals surface area (Å²) in [6, 6.07) is 6.63. The van der Waals surface area contributed by atoms with Gasteiger partial charge in [0, 0.05) is 28.9 Å². The summed E-state index contributed by atoms with van der Waals surface area (Å²) in [5.74, 6) is -0.972.